The third-order valence-electron chi connectivity index (χ3n) is 5.17. The van der Waals surface area contributed by atoms with Crippen LogP contribution >= 0.6 is 11.8 Å². The molecule has 0 aliphatic heterocycles. The number of aromatic nitrogens is 3. The Kier molecular flexibility index (Phi) is 8.27. The number of amides is 1. The number of carbonyl (C=O) groups excluding carboxylic acids is 2. The molecule has 33 heavy (non-hydrogen) atoms. The molecule has 0 saturated heterocycles. The minimum Gasteiger partial charge on any atom is -0.483 e. The molecule has 2 aromatic carbocycles. The Balaban J connectivity index is 1.62. The maximum Gasteiger partial charge on any atom is 0.234 e. The van der Waals surface area contributed by atoms with Gasteiger partial charge < -0.3 is 14.6 Å². The molecule has 0 spiro atoms. The summed E-state index contributed by atoms with van der Waals surface area (Å²) in [6.45, 7) is 10.4. The van der Waals surface area contributed by atoms with E-state index in [1.807, 2.05) is 30.5 Å². The molecule has 0 saturated carbocycles. The fraction of sp³-hybridized carbons (Fsp3) is 0.360. The van der Waals surface area contributed by atoms with E-state index < -0.39 is 0 Å². The van der Waals surface area contributed by atoms with Gasteiger partial charge in [0, 0.05) is 17.8 Å². The predicted molar refractivity (Wildman–Crippen MR) is 131 cm³/mol. The smallest absolute Gasteiger partial charge is 0.234 e. The predicted octanol–water partition coefficient (Wildman–Crippen LogP) is 5.49. The van der Waals surface area contributed by atoms with Gasteiger partial charge in [-0.2, -0.15) is 0 Å². The quantitative estimate of drug-likeness (QED) is 0.314. The Hall–Kier alpha value is -3.13. The number of anilines is 1. The highest BCUT2D eigenvalue weighted by molar-refractivity contribution is 7.99. The van der Waals surface area contributed by atoms with E-state index in [0.29, 0.717) is 34.7 Å². The zero-order chi connectivity index (χ0) is 24.0. The highest BCUT2D eigenvalue weighted by Gasteiger charge is 2.19. The summed E-state index contributed by atoms with van der Waals surface area (Å²) in [4.78, 5) is 24.0. The summed E-state index contributed by atoms with van der Waals surface area (Å²) in [6, 6.07) is 15.0. The lowest BCUT2D eigenvalue weighted by Gasteiger charge is -2.16. The van der Waals surface area contributed by atoms with Crippen LogP contribution in [0.25, 0.3) is 0 Å². The molecule has 1 heterocycles. The number of hydrogen-bond acceptors (Lipinski definition) is 6. The second-order valence-corrected chi connectivity index (χ2v) is 8.99. The molecule has 3 rings (SSSR count). The number of rotatable bonds is 10. The summed E-state index contributed by atoms with van der Waals surface area (Å²) in [5.74, 6) is 1.91. The van der Waals surface area contributed by atoms with Gasteiger partial charge in [0.1, 0.15) is 5.75 Å². The van der Waals surface area contributed by atoms with Gasteiger partial charge in [0.25, 0.3) is 0 Å². The van der Waals surface area contributed by atoms with Gasteiger partial charge in [0.05, 0.1) is 5.75 Å². The van der Waals surface area contributed by atoms with Gasteiger partial charge in [-0.15, -0.1) is 10.2 Å². The van der Waals surface area contributed by atoms with Crippen molar-refractivity contribution in [2.75, 3.05) is 11.1 Å². The largest absolute Gasteiger partial charge is 0.483 e. The van der Waals surface area contributed by atoms with E-state index in [-0.39, 0.29) is 23.5 Å². The van der Waals surface area contributed by atoms with Crippen molar-refractivity contribution in [2.45, 2.75) is 58.3 Å². The van der Waals surface area contributed by atoms with Gasteiger partial charge in [-0.3, -0.25) is 9.59 Å². The van der Waals surface area contributed by atoms with Crippen LogP contribution in [0.15, 0.2) is 53.7 Å². The maximum absolute atomic E-state index is 12.4. The van der Waals surface area contributed by atoms with Crippen LogP contribution in [0.2, 0.25) is 0 Å². The van der Waals surface area contributed by atoms with Gasteiger partial charge in [-0.05, 0) is 56.5 Å². The van der Waals surface area contributed by atoms with Crippen LogP contribution in [0, 0.1) is 0 Å². The first-order valence-corrected chi connectivity index (χ1v) is 12.0. The highest BCUT2D eigenvalue weighted by Crippen LogP contribution is 2.26. The van der Waals surface area contributed by atoms with E-state index in [1.165, 1.54) is 24.2 Å². The number of nitrogens with one attached hydrogen (secondary N) is 1. The van der Waals surface area contributed by atoms with Crippen LogP contribution in [0.1, 0.15) is 68.4 Å². The standard InChI is InChI=1S/C25H30N4O3S/c1-6-29-24(18(5)32-22-12-10-19(11-13-22)16(2)3)27-28-25(29)33-15-23(31)26-21-9-7-8-20(14-21)17(4)30/h7-14,16,18H,6,15H2,1-5H3,(H,26,31). The molecule has 0 aliphatic rings. The lowest BCUT2D eigenvalue weighted by Crippen LogP contribution is -2.15. The molecule has 1 unspecified atom stereocenters. The van der Waals surface area contributed by atoms with Crippen molar-refractivity contribution >= 4 is 29.1 Å². The first-order valence-electron chi connectivity index (χ1n) is 11.0. The summed E-state index contributed by atoms with van der Waals surface area (Å²) in [7, 11) is 0. The minimum absolute atomic E-state index is 0.0451. The molecule has 1 aromatic heterocycles. The average Bonchev–Trinajstić information content (AvgIpc) is 3.21. The zero-order valence-electron chi connectivity index (χ0n) is 19.7. The van der Waals surface area contributed by atoms with Crippen molar-refractivity contribution in [2.24, 2.45) is 0 Å². The van der Waals surface area contributed by atoms with Gasteiger partial charge in [0.15, 0.2) is 22.9 Å². The number of carbonyl (C=O) groups is 2. The number of thioether (sulfide) groups is 1. The lowest BCUT2D eigenvalue weighted by molar-refractivity contribution is -0.113. The fourth-order valence-corrected chi connectivity index (χ4v) is 4.15. The third kappa shape index (κ3) is 6.44. The Morgan fingerprint density at radius 1 is 1.09 bits per heavy atom. The topological polar surface area (TPSA) is 86.1 Å². The molecule has 7 nitrogen and oxygen atoms in total. The summed E-state index contributed by atoms with van der Waals surface area (Å²) in [6.07, 6.45) is -0.292. The monoisotopic (exact) mass is 466 g/mol. The lowest BCUT2D eigenvalue weighted by atomic mass is 10.0. The van der Waals surface area contributed by atoms with Crippen LogP contribution in [-0.2, 0) is 11.3 Å². The molecule has 1 N–H and O–H groups in total. The Bertz CT molecular complexity index is 1110. The molecular formula is C25H30N4O3S. The normalized spacial score (nSPS) is 11.9. The van der Waals surface area contributed by atoms with E-state index in [0.717, 1.165) is 5.75 Å². The second kappa shape index (κ2) is 11.1. The van der Waals surface area contributed by atoms with Crippen molar-refractivity contribution in [1.82, 2.24) is 14.8 Å². The molecule has 1 amide bonds. The Labute approximate surface area is 198 Å². The van der Waals surface area contributed by atoms with Gasteiger partial charge in [0.2, 0.25) is 5.91 Å². The Morgan fingerprint density at radius 3 is 2.45 bits per heavy atom. The highest BCUT2D eigenvalue weighted by atomic mass is 32.2. The molecule has 174 valence electrons. The van der Waals surface area contributed by atoms with E-state index in [4.69, 9.17) is 4.74 Å². The van der Waals surface area contributed by atoms with E-state index in [1.54, 1.807) is 24.3 Å². The molecule has 0 aliphatic carbocycles. The van der Waals surface area contributed by atoms with Crippen LogP contribution < -0.4 is 10.1 Å². The summed E-state index contributed by atoms with van der Waals surface area (Å²) in [5.41, 5.74) is 2.41. The van der Waals surface area contributed by atoms with Crippen molar-refractivity contribution in [3.63, 3.8) is 0 Å². The first-order chi connectivity index (χ1) is 15.8. The van der Waals surface area contributed by atoms with Crippen molar-refractivity contribution < 1.29 is 14.3 Å². The molecule has 0 fully saturated rings. The number of nitrogens with zero attached hydrogens (tertiary/aromatic N) is 3. The number of ether oxygens (including phenoxy) is 1. The summed E-state index contributed by atoms with van der Waals surface area (Å²) in [5, 5.41) is 12.1. The van der Waals surface area contributed by atoms with Crippen LogP contribution in [0.5, 0.6) is 5.75 Å². The summed E-state index contributed by atoms with van der Waals surface area (Å²) < 4.78 is 8.05. The number of Topliss-reactive ketones (excluding diaryl/α,β-unsaturated/α-hetero) is 1. The maximum atomic E-state index is 12.4. The number of benzene rings is 2. The molecule has 3 aromatic rings. The van der Waals surface area contributed by atoms with Gasteiger partial charge in [-0.25, -0.2) is 0 Å². The van der Waals surface area contributed by atoms with E-state index in [2.05, 4.69) is 41.5 Å². The average molecular weight is 467 g/mol. The SMILES string of the molecule is CCn1c(SCC(=O)Nc2cccc(C(C)=O)c2)nnc1C(C)Oc1ccc(C(C)C)cc1. The van der Waals surface area contributed by atoms with Crippen LogP contribution in [-0.4, -0.2) is 32.2 Å². The van der Waals surface area contributed by atoms with Crippen molar-refractivity contribution in [3.05, 3.63) is 65.5 Å². The fourth-order valence-electron chi connectivity index (χ4n) is 3.34. The third-order valence-corrected chi connectivity index (χ3v) is 6.14. The van der Waals surface area contributed by atoms with E-state index >= 15 is 0 Å². The molecule has 1 atom stereocenters. The molecule has 8 heteroatoms. The van der Waals surface area contributed by atoms with Gasteiger partial charge >= 0.3 is 0 Å². The minimum atomic E-state index is -0.292. The molecule has 0 bridgehead atoms. The second-order valence-electron chi connectivity index (χ2n) is 8.04. The van der Waals surface area contributed by atoms with Gasteiger partial charge in [-0.1, -0.05) is 49.9 Å². The van der Waals surface area contributed by atoms with Crippen molar-refractivity contribution in [1.29, 1.82) is 0 Å². The number of ketones is 1. The zero-order valence-corrected chi connectivity index (χ0v) is 20.5. The number of hydrogen-bond donors (Lipinski definition) is 1. The van der Waals surface area contributed by atoms with Crippen molar-refractivity contribution in [3.8, 4) is 5.75 Å². The summed E-state index contributed by atoms with van der Waals surface area (Å²) >= 11 is 1.31. The first kappa shape index (κ1) is 24.5. The molecular weight excluding hydrogens is 436 g/mol. The van der Waals surface area contributed by atoms with E-state index in [9.17, 15) is 9.59 Å². The molecule has 0 radical (unpaired) electrons. The Morgan fingerprint density at radius 2 is 1.82 bits per heavy atom. The van der Waals surface area contributed by atoms with Crippen LogP contribution in [0.3, 0.4) is 0 Å². The van der Waals surface area contributed by atoms with Crippen LogP contribution in [0.4, 0.5) is 5.69 Å².